The molecule has 4 aliphatic carbocycles. The summed E-state index contributed by atoms with van der Waals surface area (Å²) in [5.74, 6) is 12.4. The Bertz CT molecular complexity index is 1610. The monoisotopic (exact) mass is 747 g/mol. The molecule has 0 aliphatic heterocycles. The summed E-state index contributed by atoms with van der Waals surface area (Å²) >= 11 is 0. The molecule has 0 unspecified atom stereocenters. The smallest absolute Gasteiger partial charge is 0.306 e. The van der Waals surface area contributed by atoms with Gasteiger partial charge in [0.05, 0.1) is 6.61 Å². The van der Waals surface area contributed by atoms with Crippen molar-refractivity contribution in [1.29, 1.82) is 0 Å². The molecule has 0 spiro atoms. The zero-order chi connectivity index (χ0) is 38.8. The van der Waals surface area contributed by atoms with Gasteiger partial charge in [-0.25, -0.2) is 0 Å². The molecule has 0 heterocycles. The lowest BCUT2D eigenvalue weighted by Crippen LogP contribution is -2.51. The Labute approximate surface area is 336 Å². The minimum Gasteiger partial charge on any atom is -0.494 e. The lowest BCUT2D eigenvalue weighted by Gasteiger charge is -2.58. The number of hydrogen-bond acceptors (Lipinski definition) is 3. The fourth-order valence-corrected chi connectivity index (χ4v) is 11.9. The number of hydrogen-bond donors (Lipinski definition) is 0. The van der Waals surface area contributed by atoms with Crippen LogP contribution in [0.2, 0.25) is 0 Å². The lowest BCUT2D eigenvalue weighted by atomic mass is 9.47. The summed E-state index contributed by atoms with van der Waals surface area (Å²) in [4.78, 5) is 13.0. The zero-order valence-corrected chi connectivity index (χ0v) is 35.6. The fourth-order valence-electron chi connectivity index (χ4n) is 11.9. The molecule has 6 rings (SSSR count). The van der Waals surface area contributed by atoms with E-state index in [4.69, 9.17) is 9.47 Å². The number of ether oxygens (including phenoxy) is 2. The summed E-state index contributed by atoms with van der Waals surface area (Å²) in [5, 5.41) is 0. The number of benzene rings is 2. The van der Waals surface area contributed by atoms with Gasteiger partial charge in [0.15, 0.2) is 0 Å². The molecule has 0 amide bonds. The summed E-state index contributed by atoms with van der Waals surface area (Å²) in [6.45, 7) is 15.3. The second kappa shape index (κ2) is 19.4. The predicted octanol–water partition coefficient (Wildman–Crippen LogP) is 13.7. The largest absolute Gasteiger partial charge is 0.494 e. The van der Waals surface area contributed by atoms with Crippen molar-refractivity contribution in [3.63, 3.8) is 0 Å². The first-order valence-electron chi connectivity index (χ1n) is 22.8. The Morgan fingerprint density at radius 1 is 0.800 bits per heavy atom. The van der Waals surface area contributed by atoms with Crippen LogP contribution in [0.4, 0.5) is 0 Å². The Hall–Kier alpha value is -2.99. The number of carbonyl (C=O) groups excluding carboxylic acids is 1. The molecule has 3 heteroatoms. The van der Waals surface area contributed by atoms with Crippen molar-refractivity contribution in [3.05, 3.63) is 76.9 Å². The van der Waals surface area contributed by atoms with Crippen LogP contribution >= 0.6 is 0 Å². The van der Waals surface area contributed by atoms with Crippen molar-refractivity contribution in [2.24, 2.45) is 46.3 Å². The summed E-state index contributed by atoms with van der Waals surface area (Å²) in [6.07, 6.45) is 25.6. The Morgan fingerprint density at radius 2 is 1.53 bits per heavy atom. The summed E-state index contributed by atoms with van der Waals surface area (Å²) < 4.78 is 12.1. The van der Waals surface area contributed by atoms with E-state index in [9.17, 15) is 4.79 Å². The van der Waals surface area contributed by atoms with E-state index < -0.39 is 0 Å². The Morgan fingerprint density at radius 3 is 2.25 bits per heavy atom. The molecule has 3 nitrogen and oxygen atoms in total. The van der Waals surface area contributed by atoms with Crippen LogP contribution in [0, 0.1) is 58.2 Å². The number of carbonyl (C=O) groups is 1. The van der Waals surface area contributed by atoms with E-state index in [-0.39, 0.29) is 17.5 Å². The van der Waals surface area contributed by atoms with Gasteiger partial charge in [-0.05, 0) is 153 Å². The van der Waals surface area contributed by atoms with E-state index in [0.717, 1.165) is 78.1 Å². The third-order valence-corrected chi connectivity index (χ3v) is 15.1. The van der Waals surface area contributed by atoms with Crippen molar-refractivity contribution >= 4 is 5.97 Å². The standard InChI is InChI=1S/C52H74O3/c1-7-8-9-10-11-16-40-18-20-41(21-19-40)22-23-42-24-27-44(28-25-42)54-36-13-17-50(53)55-45-32-34-51(5)43(37-45)26-29-46-48-31-30-47(39(4)15-12-14-38(2)3)52(48,6)35-33-49(46)51/h18-21,24-28,38-39,45-49H,7-17,29-37H2,1-6H3/t39-,45+,46+,47-,48+,49+,51+,52-/m1/s1. The molecule has 4 aliphatic rings. The number of unbranched alkanes of at least 4 members (excludes halogenated alkanes) is 4. The lowest BCUT2D eigenvalue weighted by molar-refractivity contribution is -0.151. The maximum absolute atomic E-state index is 13.0. The van der Waals surface area contributed by atoms with Gasteiger partial charge in [0.25, 0.3) is 0 Å². The zero-order valence-electron chi connectivity index (χ0n) is 35.6. The molecular weight excluding hydrogens is 673 g/mol. The van der Waals surface area contributed by atoms with Gasteiger partial charge < -0.3 is 9.47 Å². The van der Waals surface area contributed by atoms with E-state index in [1.807, 2.05) is 24.3 Å². The van der Waals surface area contributed by atoms with E-state index >= 15 is 0 Å². The minimum atomic E-state index is -0.0786. The molecule has 8 atom stereocenters. The van der Waals surface area contributed by atoms with Crippen molar-refractivity contribution in [3.8, 4) is 17.6 Å². The summed E-state index contributed by atoms with van der Waals surface area (Å²) in [5.41, 5.74) is 5.80. The molecule has 2 aromatic carbocycles. The highest BCUT2D eigenvalue weighted by Gasteiger charge is 2.59. The highest BCUT2D eigenvalue weighted by molar-refractivity contribution is 5.69. The average Bonchev–Trinajstić information content (AvgIpc) is 3.54. The van der Waals surface area contributed by atoms with Gasteiger partial charge in [0.1, 0.15) is 11.9 Å². The van der Waals surface area contributed by atoms with Crippen LogP contribution in [0.5, 0.6) is 5.75 Å². The number of aryl methyl sites for hydroxylation is 1. The molecule has 300 valence electrons. The van der Waals surface area contributed by atoms with E-state index in [2.05, 4.69) is 83.7 Å². The molecule has 3 fully saturated rings. The van der Waals surface area contributed by atoms with Gasteiger partial charge in [0.2, 0.25) is 0 Å². The molecular formula is C52H74O3. The molecule has 0 radical (unpaired) electrons. The Kier molecular flexibility index (Phi) is 14.7. The van der Waals surface area contributed by atoms with Crippen LogP contribution in [0.25, 0.3) is 0 Å². The second-order valence-corrected chi connectivity index (χ2v) is 19.2. The van der Waals surface area contributed by atoms with Gasteiger partial charge in [0, 0.05) is 24.0 Å². The Balaban J connectivity index is 0.904. The number of esters is 1. The third-order valence-electron chi connectivity index (χ3n) is 15.1. The van der Waals surface area contributed by atoms with Crippen LogP contribution in [0.15, 0.2) is 60.2 Å². The van der Waals surface area contributed by atoms with Crippen molar-refractivity contribution in [2.45, 2.75) is 170 Å². The molecule has 3 saturated carbocycles. The highest BCUT2D eigenvalue weighted by atomic mass is 16.5. The maximum Gasteiger partial charge on any atom is 0.306 e. The number of fused-ring (bicyclic) bond motifs is 5. The van der Waals surface area contributed by atoms with Crippen LogP contribution in [0.3, 0.4) is 0 Å². The topological polar surface area (TPSA) is 35.5 Å². The SMILES string of the molecule is CCCCCCCc1ccc(C#Cc2ccc(OCCCC(=O)O[C@H]3CC[C@@]4(C)C(=CC[C@H]5[C@@H]6CC[C@H]([C@H](C)CCCC(C)C)[C@@]6(C)CC[C@@H]54)C3)cc2)cc1. The molecule has 0 bridgehead atoms. The van der Waals surface area contributed by atoms with Gasteiger partial charge in [-0.2, -0.15) is 0 Å². The number of rotatable bonds is 17. The van der Waals surface area contributed by atoms with Crippen molar-refractivity contribution in [2.75, 3.05) is 6.61 Å². The van der Waals surface area contributed by atoms with Crippen molar-refractivity contribution in [1.82, 2.24) is 0 Å². The summed E-state index contributed by atoms with van der Waals surface area (Å²) in [6, 6.07) is 16.7. The van der Waals surface area contributed by atoms with Gasteiger partial charge in [-0.15, -0.1) is 0 Å². The quantitative estimate of drug-likeness (QED) is 0.0700. The predicted molar refractivity (Wildman–Crippen MR) is 229 cm³/mol. The molecule has 0 N–H and O–H groups in total. The number of allylic oxidation sites excluding steroid dienone is 1. The molecule has 2 aromatic rings. The van der Waals surface area contributed by atoms with Crippen LogP contribution in [0.1, 0.15) is 174 Å². The van der Waals surface area contributed by atoms with E-state index in [1.165, 1.54) is 89.0 Å². The normalized spacial score (nSPS) is 28.9. The minimum absolute atomic E-state index is 0.0209. The van der Waals surface area contributed by atoms with E-state index in [0.29, 0.717) is 24.9 Å². The van der Waals surface area contributed by atoms with Crippen LogP contribution < -0.4 is 4.74 Å². The third kappa shape index (κ3) is 10.5. The molecule has 55 heavy (non-hydrogen) atoms. The second-order valence-electron chi connectivity index (χ2n) is 19.2. The first-order valence-corrected chi connectivity index (χ1v) is 22.8. The fraction of sp³-hybridized carbons (Fsp3) is 0.673. The van der Waals surface area contributed by atoms with Gasteiger partial charge in [-0.1, -0.05) is 122 Å². The van der Waals surface area contributed by atoms with Gasteiger partial charge >= 0.3 is 5.97 Å². The first-order chi connectivity index (χ1) is 26.6. The first kappa shape index (κ1) is 41.6. The van der Waals surface area contributed by atoms with E-state index in [1.54, 1.807) is 5.57 Å². The van der Waals surface area contributed by atoms with Crippen molar-refractivity contribution < 1.29 is 14.3 Å². The molecule has 0 saturated heterocycles. The summed E-state index contributed by atoms with van der Waals surface area (Å²) in [7, 11) is 0. The van der Waals surface area contributed by atoms with Gasteiger partial charge in [-0.3, -0.25) is 4.79 Å². The molecule has 0 aromatic heterocycles. The average molecular weight is 747 g/mol. The highest BCUT2D eigenvalue weighted by Crippen LogP contribution is 2.67. The van der Waals surface area contributed by atoms with Crippen LogP contribution in [-0.2, 0) is 16.0 Å². The maximum atomic E-state index is 13.0. The van der Waals surface area contributed by atoms with Crippen LogP contribution in [-0.4, -0.2) is 18.7 Å².